The van der Waals surface area contributed by atoms with Crippen molar-refractivity contribution in [2.24, 2.45) is 0 Å². The number of carbonyl (C=O) groups excluding carboxylic acids is 2. The van der Waals surface area contributed by atoms with Gasteiger partial charge in [-0.1, -0.05) is 0 Å². The summed E-state index contributed by atoms with van der Waals surface area (Å²) in [6, 6.07) is 0. The van der Waals surface area contributed by atoms with Crippen LogP contribution >= 0.6 is 0 Å². The van der Waals surface area contributed by atoms with Crippen molar-refractivity contribution in [1.29, 1.82) is 0 Å². The van der Waals surface area contributed by atoms with E-state index in [2.05, 4.69) is 0 Å². The fourth-order valence-corrected chi connectivity index (χ4v) is 1.71. The van der Waals surface area contributed by atoms with Crippen molar-refractivity contribution in [1.82, 2.24) is 9.80 Å². The second-order valence-electron chi connectivity index (χ2n) is 4.42. The number of aliphatic hydroxyl groups excluding tert-OH is 1. The number of hydrogen-bond acceptors (Lipinski definition) is 4. The van der Waals surface area contributed by atoms with E-state index in [1.165, 1.54) is 4.90 Å². The molecule has 5 heteroatoms. The van der Waals surface area contributed by atoms with E-state index < -0.39 is 0 Å². The first kappa shape index (κ1) is 13.1. The minimum Gasteiger partial charge on any atom is -0.393 e. The molecule has 1 aliphatic heterocycles. The fraction of sp³-hybridized carbons (Fsp3) is 0.818. The summed E-state index contributed by atoms with van der Waals surface area (Å²) in [5, 5.41) is 9.11. The predicted molar refractivity (Wildman–Crippen MR) is 59.7 cm³/mol. The Morgan fingerprint density at radius 2 is 2.31 bits per heavy atom. The number of rotatable bonds is 5. The second kappa shape index (κ2) is 5.96. The van der Waals surface area contributed by atoms with Gasteiger partial charge in [0, 0.05) is 19.5 Å². The Bertz CT molecular complexity index is 266. The van der Waals surface area contributed by atoms with E-state index in [1.54, 1.807) is 6.92 Å². The molecule has 1 rings (SSSR count). The van der Waals surface area contributed by atoms with E-state index in [1.807, 2.05) is 11.9 Å². The Labute approximate surface area is 96.0 Å². The summed E-state index contributed by atoms with van der Waals surface area (Å²) in [5.41, 5.74) is 0. The van der Waals surface area contributed by atoms with Crippen LogP contribution in [-0.2, 0) is 9.59 Å². The maximum Gasteiger partial charge on any atom is 0.243 e. The van der Waals surface area contributed by atoms with Crippen LogP contribution in [0, 0.1) is 0 Å². The first-order valence-electron chi connectivity index (χ1n) is 5.70. The number of hydrogen-bond donors (Lipinski definition) is 1. The molecule has 5 nitrogen and oxygen atoms in total. The van der Waals surface area contributed by atoms with Crippen molar-refractivity contribution in [2.45, 2.75) is 32.3 Å². The molecule has 1 heterocycles. The summed E-state index contributed by atoms with van der Waals surface area (Å²) in [7, 11) is 1.82. The lowest BCUT2D eigenvalue weighted by Crippen LogP contribution is -2.40. The zero-order valence-corrected chi connectivity index (χ0v) is 9.98. The number of amides is 2. The third kappa shape index (κ3) is 3.90. The maximum absolute atomic E-state index is 11.7. The van der Waals surface area contributed by atoms with Crippen LogP contribution in [0.25, 0.3) is 0 Å². The molecule has 0 bridgehead atoms. The quantitative estimate of drug-likeness (QED) is 0.710. The number of nitrogens with zero attached hydrogens (tertiary/aromatic N) is 2. The largest absolute Gasteiger partial charge is 0.393 e. The van der Waals surface area contributed by atoms with Crippen molar-refractivity contribution < 1.29 is 14.7 Å². The maximum atomic E-state index is 11.7. The number of carbonyl (C=O) groups is 2. The van der Waals surface area contributed by atoms with E-state index >= 15 is 0 Å². The molecule has 0 spiro atoms. The Hall–Kier alpha value is -0.940. The van der Waals surface area contributed by atoms with Gasteiger partial charge in [-0.25, -0.2) is 0 Å². The summed E-state index contributed by atoms with van der Waals surface area (Å²) in [6.45, 7) is 3.19. The minimum absolute atomic E-state index is 0.0612. The third-order valence-corrected chi connectivity index (χ3v) is 2.71. The molecule has 0 aromatic carbocycles. The molecule has 0 saturated carbocycles. The molecule has 0 aromatic rings. The van der Waals surface area contributed by atoms with E-state index in [0.717, 1.165) is 6.42 Å². The van der Waals surface area contributed by atoms with E-state index in [-0.39, 0.29) is 24.5 Å². The van der Waals surface area contributed by atoms with Crippen LogP contribution in [-0.4, -0.2) is 59.5 Å². The van der Waals surface area contributed by atoms with Crippen LogP contribution in [0.5, 0.6) is 0 Å². The van der Waals surface area contributed by atoms with Gasteiger partial charge in [0.2, 0.25) is 11.8 Å². The van der Waals surface area contributed by atoms with Crippen molar-refractivity contribution in [3.05, 3.63) is 0 Å². The van der Waals surface area contributed by atoms with Gasteiger partial charge in [0.1, 0.15) is 0 Å². The standard InChI is InChI=1S/C11H20N2O3/c1-9(14)5-7-12(2)8-11(16)13-6-3-4-10(13)15/h9,14H,3-8H2,1-2H3. The topological polar surface area (TPSA) is 60.9 Å². The highest BCUT2D eigenvalue weighted by Gasteiger charge is 2.26. The Morgan fingerprint density at radius 1 is 1.62 bits per heavy atom. The molecule has 16 heavy (non-hydrogen) atoms. The first-order chi connectivity index (χ1) is 7.50. The highest BCUT2D eigenvalue weighted by molar-refractivity contribution is 5.97. The summed E-state index contributed by atoms with van der Waals surface area (Å²) in [6.07, 6.45) is 1.55. The second-order valence-corrected chi connectivity index (χ2v) is 4.42. The molecule has 1 aliphatic rings. The monoisotopic (exact) mass is 228 g/mol. The summed E-state index contributed by atoms with van der Waals surface area (Å²) in [4.78, 5) is 26.2. The van der Waals surface area contributed by atoms with Gasteiger partial charge in [-0.3, -0.25) is 19.4 Å². The normalized spacial score (nSPS) is 18.2. The Kier molecular flexibility index (Phi) is 4.89. The molecule has 1 atom stereocenters. The molecule has 0 aliphatic carbocycles. The molecule has 1 fully saturated rings. The SMILES string of the molecule is CC(O)CCN(C)CC(=O)N1CCCC1=O. The zero-order chi connectivity index (χ0) is 12.1. The smallest absolute Gasteiger partial charge is 0.243 e. The average Bonchev–Trinajstić information content (AvgIpc) is 2.61. The van der Waals surface area contributed by atoms with Crippen LogP contribution < -0.4 is 0 Å². The highest BCUT2D eigenvalue weighted by Crippen LogP contribution is 2.10. The lowest BCUT2D eigenvalue weighted by molar-refractivity contribution is -0.142. The number of aliphatic hydroxyl groups is 1. The van der Waals surface area contributed by atoms with Crippen LogP contribution in [0.3, 0.4) is 0 Å². The van der Waals surface area contributed by atoms with E-state index in [9.17, 15) is 9.59 Å². The van der Waals surface area contributed by atoms with Gasteiger partial charge >= 0.3 is 0 Å². The van der Waals surface area contributed by atoms with Gasteiger partial charge < -0.3 is 5.11 Å². The fourth-order valence-electron chi connectivity index (χ4n) is 1.71. The first-order valence-corrected chi connectivity index (χ1v) is 5.70. The van der Waals surface area contributed by atoms with Crippen LogP contribution in [0.1, 0.15) is 26.2 Å². The molecule has 92 valence electrons. The number of imide groups is 1. The molecule has 1 saturated heterocycles. The average molecular weight is 228 g/mol. The van der Waals surface area contributed by atoms with Crippen LogP contribution in [0.15, 0.2) is 0 Å². The lowest BCUT2D eigenvalue weighted by atomic mass is 10.3. The molecule has 1 N–H and O–H groups in total. The Balaban J connectivity index is 2.30. The van der Waals surface area contributed by atoms with Crippen molar-refractivity contribution in [3.63, 3.8) is 0 Å². The zero-order valence-electron chi connectivity index (χ0n) is 9.98. The van der Waals surface area contributed by atoms with E-state index in [4.69, 9.17) is 5.11 Å². The van der Waals surface area contributed by atoms with Gasteiger partial charge in [0.15, 0.2) is 0 Å². The molecule has 0 radical (unpaired) electrons. The Morgan fingerprint density at radius 3 is 2.81 bits per heavy atom. The van der Waals surface area contributed by atoms with E-state index in [0.29, 0.717) is 25.9 Å². The summed E-state index contributed by atoms with van der Waals surface area (Å²) in [5.74, 6) is -0.190. The molecular weight excluding hydrogens is 208 g/mol. The van der Waals surface area contributed by atoms with Gasteiger partial charge in [0.05, 0.1) is 12.6 Å². The van der Waals surface area contributed by atoms with Crippen molar-refractivity contribution in [3.8, 4) is 0 Å². The van der Waals surface area contributed by atoms with Crippen LogP contribution in [0.2, 0.25) is 0 Å². The summed E-state index contributed by atoms with van der Waals surface area (Å²) >= 11 is 0. The predicted octanol–water partition coefficient (Wildman–Crippen LogP) is -0.162. The molecular formula is C11H20N2O3. The molecule has 2 amide bonds. The molecule has 1 unspecified atom stereocenters. The minimum atomic E-state index is -0.356. The van der Waals surface area contributed by atoms with Crippen molar-refractivity contribution >= 4 is 11.8 Å². The van der Waals surface area contributed by atoms with Gasteiger partial charge in [-0.2, -0.15) is 0 Å². The lowest BCUT2D eigenvalue weighted by Gasteiger charge is -2.20. The molecule has 0 aromatic heterocycles. The van der Waals surface area contributed by atoms with Gasteiger partial charge in [-0.05, 0) is 26.8 Å². The number of likely N-dealkylation sites (N-methyl/N-ethyl adjacent to an activating group) is 1. The van der Waals surface area contributed by atoms with Crippen molar-refractivity contribution in [2.75, 3.05) is 26.7 Å². The van der Waals surface area contributed by atoms with Gasteiger partial charge in [-0.15, -0.1) is 0 Å². The number of likely N-dealkylation sites (tertiary alicyclic amines) is 1. The summed E-state index contributed by atoms with van der Waals surface area (Å²) < 4.78 is 0. The third-order valence-electron chi connectivity index (χ3n) is 2.71. The van der Waals surface area contributed by atoms with Crippen LogP contribution in [0.4, 0.5) is 0 Å². The highest BCUT2D eigenvalue weighted by atomic mass is 16.3. The van der Waals surface area contributed by atoms with Gasteiger partial charge in [0.25, 0.3) is 0 Å².